The summed E-state index contributed by atoms with van der Waals surface area (Å²) in [4.78, 5) is 21.4. The summed E-state index contributed by atoms with van der Waals surface area (Å²) in [5.41, 5.74) is -0.241. The molecule has 2 atom stereocenters. The molecule has 0 saturated carbocycles. The molecule has 1 aromatic carbocycles. The number of ether oxygens (including phenoxy) is 2. The van der Waals surface area contributed by atoms with Crippen LogP contribution in [0.3, 0.4) is 0 Å². The number of H-pyrrole nitrogens is 1. The molecule has 0 amide bonds. The first-order chi connectivity index (χ1) is 14.0. The summed E-state index contributed by atoms with van der Waals surface area (Å²) < 4.78 is 39.5. The Labute approximate surface area is 172 Å². The molecule has 1 aromatic heterocycles. The highest BCUT2D eigenvalue weighted by atomic mass is 32.2. The second kappa shape index (κ2) is 8.97. The van der Waals surface area contributed by atoms with E-state index in [-0.39, 0.29) is 29.2 Å². The lowest BCUT2D eigenvalue weighted by Gasteiger charge is -2.21. The minimum atomic E-state index is -0.958. The zero-order chi connectivity index (χ0) is 20.4. The number of nitrogens with one attached hydrogen (secondary N) is 1. The van der Waals surface area contributed by atoms with Crippen LogP contribution in [0.2, 0.25) is 0 Å². The van der Waals surface area contributed by atoms with Crippen molar-refractivity contribution in [3.05, 3.63) is 34.1 Å². The molecule has 0 spiro atoms. The number of nitrogens with zero attached hydrogens (tertiary/aromatic N) is 2. The number of aromatic nitrogens is 2. The highest BCUT2D eigenvalue weighted by Crippen LogP contribution is 2.26. The Morgan fingerprint density at radius 1 is 1.34 bits per heavy atom. The second-order valence-electron chi connectivity index (χ2n) is 7.74. The molecule has 2 aliphatic rings. The van der Waals surface area contributed by atoms with E-state index in [1.807, 2.05) is 11.9 Å². The number of halogens is 2. The van der Waals surface area contributed by atoms with E-state index in [4.69, 9.17) is 9.47 Å². The largest absolute Gasteiger partial charge is 0.493 e. The van der Waals surface area contributed by atoms with E-state index >= 15 is 0 Å². The van der Waals surface area contributed by atoms with Crippen LogP contribution in [0.4, 0.5) is 8.78 Å². The molecule has 0 bridgehead atoms. The molecular weight excluding hydrogens is 400 g/mol. The molecule has 29 heavy (non-hydrogen) atoms. The zero-order valence-corrected chi connectivity index (χ0v) is 17.1. The summed E-state index contributed by atoms with van der Waals surface area (Å²) >= 11 is 1.72. The van der Waals surface area contributed by atoms with Gasteiger partial charge in [-0.25, -0.2) is 13.8 Å². The van der Waals surface area contributed by atoms with E-state index < -0.39 is 17.5 Å². The highest BCUT2D eigenvalue weighted by Gasteiger charge is 2.31. The van der Waals surface area contributed by atoms with E-state index in [2.05, 4.69) is 9.97 Å². The molecule has 1 N–H and O–H groups in total. The van der Waals surface area contributed by atoms with Gasteiger partial charge in [0.15, 0.2) is 0 Å². The van der Waals surface area contributed by atoms with Gasteiger partial charge in [0.2, 0.25) is 0 Å². The van der Waals surface area contributed by atoms with Crippen LogP contribution < -0.4 is 10.3 Å². The molecule has 158 valence electrons. The van der Waals surface area contributed by atoms with Crippen LogP contribution in [0.25, 0.3) is 10.9 Å². The zero-order valence-electron chi connectivity index (χ0n) is 16.3. The van der Waals surface area contributed by atoms with Crippen molar-refractivity contribution in [1.29, 1.82) is 0 Å². The third kappa shape index (κ3) is 4.90. The first-order valence-electron chi connectivity index (χ1n) is 9.87. The first kappa shape index (κ1) is 20.6. The van der Waals surface area contributed by atoms with Gasteiger partial charge in [0.1, 0.15) is 28.9 Å². The third-order valence-electron chi connectivity index (χ3n) is 5.42. The molecule has 0 unspecified atom stereocenters. The number of hydrogen-bond acceptors (Lipinski definition) is 6. The Morgan fingerprint density at radius 3 is 2.86 bits per heavy atom. The predicted octanol–water partition coefficient (Wildman–Crippen LogP) is 2.75. The molecule has 3 heterocycles. The van der Waals surface area contributed by atoms with Gasteiger partial charge in [0, 0.05) is 49.6 Å². The van der Waals surface area contributed by atoms with Crippen LogP contribution in [0, 0.1) is 11.7 Å². The summed E-state index contributed by atoms with van der Waals surface area (Å²) in [5, 5.41) is 0.385. The minimum absolute atomic E-state index is 0.0823. The fourth-order valence-corrected chi connectivity index (χ4v) is 4.89. The molecule has 0 aliphatic carbocycles. The third-order valence-corrected chi connectivity index (χ3v) is 6.80. The van der Waals surface area contributed by atoms with Gasteiger partial charge in [-0.3, -0.25) is 4.79 Å². The van der Waals surface area contributed by atoms with Gasteiger partial charge in [0.25, 0.3) is 5.56 Å². The lowest BCUT2D eigenvalue weighted by atomic mass is 10.1. The topological polar surface area (TPSA) is 67.5 Å². The normalized spacial score (nSPS) is 23.7. The van der Waals surface area contributed by atoms with Crippen LogP contribution in [0.15, 0.2) is 16.9 Å². The van der Waals surface area contributed by atoms with Crippen molar-refractivity contribution >= 4 is 22.7 Å². The molecule has 2 fully saturated rings. The summed E-state index contributed by atoms with van der Waals surface area (Å²) in [6.45, 7) is 2.64. The first-order valence-corrected chi connectivity index (χ1v) is 10.9. The Kier molecular flexibility index (Phi) is 6.36. The van der Waals surface area contributed by atoms with Crippen molar-refractivity contribution in [3.8, 4) is 5.75 Å². The van der Waals surface area contributed by atoms with E-state index in [1.165, 1.54) is 6.07 Å². The van der Waals surface area contributed by atoms with Gasteiger partial charge >= 0.3 is 0 Å². The summed E-state index contributed by atoms with van der Waals surface area (Å²) in [5.74, 6) is 0.378. The van der Waals surface area contributed by atoms with Gasteiger partial charge in [-0.1, -0.05) is 0 Å². The SMILES string of the molecule is CN1C[C@H](COc2cc(F)c3c(=O)[nH]c(CSC4CCOCC4)nc3c2)[C@H](F)C1. The lowest BCUT2D eigenvalue weighted by Crippen LogP contribution is -2.21. The lowest BCUT2D eigenvalue weighted by molar-refractivity contribution is 0.1000. The number of aromatic amines is 1. The summed E-state index contributed by atoms with van der Waals surface area (Å²) in [6.07, 6.45) is 0.988. The molecule has 2 aliphatic heterocycles. The number of thioether (sulfide) groups is 1. The van der Waals surface area contributed by atoms with Gasteiger partial charge in [-0.2, -0.15) is 11.8 Å². The van der Waals surface area contributed by atoms with Crippen molar-refractivity contribution in [2.45, 2.75) is 30.0 Å². The van der Waals surface area contributed by atoms with Gasteiger partial charge in [0.05, 0.1) is 17.9 Å². The fraction of sp³-hybridized carbons (Fsp3) is 0.600. The van der Waals surface area contributed by atoms with Crippen molar-refractivity contribution in [2.24, 2.45) is 5.92 Å². The average Bonchev–Trinajstić information content (AvgIpc) is 3.02. The molecule has 4 rings (SSSR count). The minimum Gasteiger partial charge on any atom is -0.493 e. The maximum absolute atomic E-state index is 14.5. The summed E-state index contributed by atoms with van der Waals surface area (Å²) in [6, 6.07) is 2.73. The highest BCUT2D eigenvalue weighted by molar-refractivity contribution is 7.99. The Morgan fingerprint density at radius 2 is 2.14 bits per heavy atom. The van der Waals surface area contributed by atoms with Crippen LogP contribution in [0.1, 0.15) is 18.7 Å². The number of benzene rings is 1. The number of hydrogen-bond donors (Lipinski definition) is 1. The molecular formula is C20H25F2N3O3S. The van der Waals surface area contributed by atoms with Crippen LogP contribution in [-0.2, 0) is 10.5 Å². The van der Waals surface area contributed by atoms with Crippen LogP contribution in [0.5, 0.6) is 5.75 Å². The van der Waals surface area contributed by atoms with Crippen molar-refractivity contribution in [2.75, 3.05) is 40.0 Å². The smallest absolute Gasteiger partial charge is 0.261 e. The number of rotatable bonds is 6. The van der Waals surface area contributed by atoms with Gasteiger partial charge in [-0.15, -0.1) is 0 Å². The van der Waals surface area contributed by atoms with Crippen molar-refractivity contribution in [1.82, 2.24) is 14.9 Å². The van der Waals surface area contributed by atoms with E-state index in [1.54, 1.807) is 17.8 Å². The quantitative estimate of drug-likeness (QED) is 0.768. The number of likely N-dealkylation sites (tertiary alicyclic amines) is 1. The molecule has 0 radical (unpaired) electrons. The van der Waals surface area contributed by atoms with Gasteiger partial charge < -0.3 is 19.4 Å². The molecule has 2 aromatic rings. The molecule has 9 heteroatoms. The standard InChI is InChI=1S/C20H25F2N3O3S/c1-25-8-12(16(22)9-25)10-28-13-6-15(21)19-17(7-13)23-18(24-20(19)26)11-29-14-2-4-27-5-3-14/h6-7,12,14,16H,2-5,8-11H2,1H3,(H,23,24,26)/t12-,16-/m1/s1. The predicted molar refractivity (Wildman–Crippen MR) is 109 cm³/mol. The molecule has 2 saturated heterocycles. The second-order valence-corrected chi connectivity index (χ2v) is 9.03. The summed E-state index contributed by atoms with van der Waals surface area (Å²) in [7, 11) is 1.86. The van der Waals surface area contributed by atoms with E-state index in [0.29, 0.717) is 29.9 Å². The Bertz CT molecular complexity index is 920. The Balaban J connectivity index is 1.49. The fourth-order valence-electron chi connectivity index (χ4n) is 3.84. The maximum atomic E-state index is 14.5. The Hall–Kier alpha value is -1.71. The molecule has 6 nitrogen and oxygen atoms in total. The van der Waals surface area contributed by atoms with Crippen molar-refractivity contribution < 1.29 is 18.3 Å². The van der Waals surface area contributed by atoms with Crippen LogP contribution >= 0.6 is 11.8 Å². The van der Waals surface area contributed by atoms with E-state index in [0.717, 1.165) is 26.1 Å². The maximum Gasteiger partial charge on any atom is 0.261 e. The monoisotopic (exact) mass is 425 g/mol. The van der Waals surface area contributed by atoms with E-state index in [9.17, 15) is 13.6 Å². The number of alkyl halides is 1. The van der Waals surface area contributed by atoms with Crippen LogP contribution in [-0.4, -0.2) is 66.2 Å². The average molecular weight is 426 g/mol. The van der Waals surface area contributed by atoms with Gasteiger partial charge in [-0.05, 0) is 19.9 Å². The number of fused-ring (bicyclic) bond motifs is 1. The van der Waals surface area contributed by atoms with Crippen molar-refractivity contribution in [3.63, 3.8) is 0 Å².